The molecule has 0 amide bonds. The van der Waals surface area contributed by atoms with E-state index in [2.05, 4.69) is 20.9 Å². The van der Waals surface area contributed by atoms with Crippen molar-refractivity contribution in [3.8, 4) is 5.75 Å². The van der Waals surface area contributed by atoms with Crippen molar-refractivity contribution in [2.75, 3.05) is 6.61 Å². The normalized spacial score (nSPS) is 15.1. The smallest absolute Gasteiger partial charge is 0.434 e. The van der Waals surface area contributed by atoms with Gasteiger partial charge in [-0.1, -0.05) is 83.6 Å². The van der Waals surface area contributed by atoms with Crippen LogP contribution in [-0.4, -0.2) is 23.3 Å². The van der Waals surface area contributed by atoms with E-state index in [0.717, 1.165) is 32.2 Å². The van der Waals surface area contributed by atoms with Gasteiger partial charge in [0.2, 0.25) is 0 Å². The molecule has 6 rings (SSSR count). The fraction of sp³-hybridized carbons (Fsp3) is 0.147. The number of esters is 1. The molecule has 0 unspecified atom stereocenters. The fourth-order valence-corrected chi connectivity index (χ4v) is 6.89. The van der Waals surface area contributed by atoms with E-state index >= 15 is 0 Å². The molecule has 0 spiro atoms. The summed E-state index contributed by atoms with van der Waals surface area (Å²) in [4.78, 5) is 30.4. The Kier molecular flexibility index (Phi) is 8.91. The summed E-state index contributed by atoms with van der Waals surface area (Å²) in [6.45, 7) is 1.64. The van der Waals surface area contributed by atoms with Crippen LogP contribution in [0.15, 0.2) is 110 Å². The van der Waals surface area contributed by atoms with Gasteiger partial charge in [0, 0.05) is 5.02 Å². The van der Waals surface area contributed by atoms with Gasteiger partial charge in [-0.25, -0.2) is 9.79 Å². The molecule has 234 valence electrons. The summed E-state index contributed by atoms with van der Waals surface area (Å²) in [7, 11) is 0. The molecule has 1 atom stereocenters. The Morgan fingerprint density at radius 2 is 1.80 bits per heavy atom. The molecule has 46 heavy (non-hydrogen) atoms. The highest BCUT2D eigenvalue weighted by atomic mass is 79.9. The summed E-state index contributed by atoms with van der Waals surface area (Å²) in [5, 5.41) is 2.53. The highest BCUT2D eigenvalue weighted by molar-refractivity contribution is 9.10. The van der Waals surface area contributed by atoms with Crippen molar-refractivity contribution >= 4 is 61.7 Å². The number of aromatic nitrogens is 1. The number of carbonyl (C=O) groups excluding carboxylic acids is 1. The zero-order valence-electron chi connectivity index (χ0n) is 24.0. The number of halogens is 5. The van der Waals surface area contributed by atoms with E-state index < -0.39 is 35.0 Å². The monoisotopic (exact) mass is 726 g/mol. The van der Waals surface area contributed by atoms with Crippen LogP contribution in [0.25, 0.3) is 16.8 Å². The van der Waals surface area contributed by atoms with Gasteiger partial charge in [-0.3, -0.25) is 9.36 Å². The van der Waals surface area contributed by atoms with Crippen LogP contribution in [0.5, 0.6) is 5.75 Å². The molecule has 6 nitrogen and oxygen atoms in total. The van der Waals surface area contributed by atoms with Gasteiger partial charge in [0.25, 0.3) is 5.56 Å². The second kappa shape index (κ2) is 12.9. The third-order valence-corrected chi connectivity index (χ3v) is 9.15. The van der Waals surface area contributed by atoms with Crippen molar-refractivity contribution in [3.63, 3.8) is 0 Å². The molecule has 0 saturated heterocycles. The zero-order chi connectivity index (χ0) is 32.6. The second-order valence-corrected chi connectivity index (χ2v) is 12.5. The first-order valence-corrected chi connectivity index (χ1v) is 16.0. The predicted octanol–water partition coefficient (Wildman–Crippen LogP) is 7.49. The quantitative estimate of drug-likeness (QED) is 0.163. The molecular weight excluding hydrogens is 705 g/mol. The number of ether oxygens (including phenoxy) is 2. The van der Waals surface area contributed by atoms with Gasteiger partial charge in [0.15, 0.2) is 10.5 Å². The number of allylic oxidation sites excluding steroid dienone is 1. The largest absolute Gasteiger partial charge is 0.488 e. The number of rotatable bonds is 7. The molecule has 4 aromatic carbocycles. The molecule has 0 aliphatic carbocycles. The van der Waals surface area contributed by atoms with Gasteiger partial charge in [-0.05, 0) is 80.7 Å². The highest BCUT2D eigenvalue weighted by Gasteiger charge is 2.45. The Bertz CT molecular complexity index is 2190. The highest BCUT2D eigenvalue weighted by Crippen LogP contribution is 2.38. The van der Waals surface area contributed by atoms with Crippen molar-refractivity contribution < 1.29 is 27.4 Å². The number of hydrogen-bond acceptors (Lipinski definition) is 6. The summed E-state index contributed by atoms with van der Waals surface area (Å²) >= 11 is 10.4. The fourth-order valence-electron chi connectivity index (χ4n) is 5.25. The van der Waals surface area contributed by atoms with Crippen LogP contribution in [0.2, 0.25) is 5.02 Å². The lowest BCUT2D eigenvalue weighted by Crippen LogP contribution is -2.41. The van der Waals surface area contributed by atoms with Crippen LogP contribution >= 0.6 is 38.9 Å². The minimum absolute atomic E-state index is 0.126. The Labute approximate surface area is 277 Å². The molecular formula is C34H23BrClF3N2O4S. The maximum Gasteiger partial charge on any atom is 0.434 e. The summed E-state index contributed by atoms with van der Waals surface area (Å²) in [5.74, 6) is -0.640. The second-order valence-electron chi connectivity index (χ2n) is 10.2. The Hall–Kier alpha value is -4.19. The molecule has 0 bridgehead atoms. The average Bonchev–Trinajstić information content (AvgIpc) is 3.34. The standard InChI is InChI=1S/C34H23BrClF3N2O4S/c1-2-44-32(43)28-29(21-11-13-23(36)14-12-21)41-31(42)27(46-33(41)40-30(28)34(37,38)39)17-19-10-15-26(25(35)16-19)45-18-22-8-5-7-20-6-3-4-9-24(20)22/h3-17,29H,2,18H2,1H3/b27-17-/t29-/m0/s1. The number of alkyl halides is 3. The van der Waals surface area contributed by atoms with Gasteiger partial charge in [-0.2, -0.15) is 13.2 Å². The average molecular weight is 728 g/mol. The number of carbonyl (C=O) groups is 1. The van der Waals surface area contributed by atoms with Gasteiger partial charge in [-0.15, -0.1) is 0 Å². The first-order chi connectivity index (χ1) is 22.0. The van der Waals surface area contributed by atoms with E-state index in [1.54, 1.807) is 24.3 Å². The summed E-state index contributed by atoms with van der Waals surface area (Å²) in [6, 6.07) is 23.7. The van der Waals surface area contributed by atoms with Crippen LogP contribution < -0.4 is 19.6 Å². The van der Waals surface area contributed by atoms with E-state index in [9.17, 15) is 22.8 Å². The first-order valence-electron chi connectivity index (χ1n) is 14.0. The van der Waals surface area contributed by atoms with Gasteiger partial charge in [0.1, 0.15) is 12.4 Å². The van der Waals surface area contributed by atoms with E-state index in [1.807, 2.05) is 42.5 Å². The third-order valence-electron chi connectivity index (χ3n) is 7.30. The summed E-state index contributed by atoms with van der Waals surface area (Å²) in [6.07, 6.45) is -3.43. The van der Waals surface area contributed by atoms with E-state index in [0.29, 0.717) is 27.4 Å². The van der Waals surface area contributed by atoms with Crippen molar-refractivity contribution in [3.05, 3.63) is 142 Å². The Balaban J connectivity index is 1.40. The molecule has 0 N–H and O–H groups in total. The SMILES string of the molecule is CCOC(=O)C1=C(C(F)(F)F)N=c2s/c(=C\c3ccc(OCc4cccc5ccccc45)c(Br)c3)c(=O)n2[C@H]1c1ccc(Cl)cc1. The molecule has 0 saturated carbocycles. The molecule has 1 aliphatic rings. The van der Waals surface area contributed by atoms with E-state index in [1.165, 1.54) is 31.2 Å². The van der Waals surface area contributed by atoms with Gasteiger partial charge in [0.05, 0.1) is 27.2 Å². The summed E-state index contributed by atoms with van der Waals surface area (Å²) in [5.41, 5.74) is -0.934. The van der Waals surface area contributed by atoms with Crippen molar-refractivity contribution in [1.29, 1.82) is 0 Å². The van der Waals surface area contributed by atoms with Crippen LogP contribution in [-0.2, 0) is 16.1 Å². The molecule has 12 heteroatoms. The lowest BCUT2D eigenvalue weighted by atomic mass is 9.95. The Morgan fingerprint density at radius 3 is 2.52 bits per heavy atom. The molecule has 5 aromatic rings. The Morgan fingerprint density at radius 1 is 1.07 bits per heavy atom. The number of thiazole rings is 1. The third kappa shape index (κ3) is 6.27. The number of nitrogens with zero attached hydrogens (tertiary/aromatic N) is 2. The summed E-state index contributed by atoms with van der Waals surface area (Å²) < 4.78 is 56.0. The lowest BCUT2D eigenvalue weighted by Gasteiger charge is -2.26. The van der Waals surface area contributed by atoms with Crippen molar-refractivity contribution in [2.24, 2.45) is 4.99 Å². The van der Waals surface area contributed by atoms with E-state index in [-0.39, 0.29) is 21.5 Å². The van der Waals surface area contributed by atoms with Crippen LogP contribution in [0.3, 0.4) is 0 Å². The molecule has 0 radical (unpaired) electrons. The van der Waals surface area contributed by atoms with Crippen LogP contribution in [0, 0.1) is 0 Å². The number of hydrogen-bond donors (Lipinski definition) is 0. The molecule has 1 aromatic heterocycles. The number of fused-ring (bicyclic) bond motifs is 2. The molecule has 0 fully saturated rings. The first kappa shape index (κ1) is 31.8. The number of benzene rings is 4. The van der Waals surface area contributed by atoms with Crippen molar-refractivity contribution in [1.82, 2.24) is 4.57 Å². The van der Waals surface area contributed by atoms with Crippen LogP contribution in [0.1, 0.15) is 29.7 Å². The molecule has 1 aliphatic heterocycles. The maximum atomic E-state index is 14.3. The zero-order valence-corrected chi connectivity index (χ0v) is 27.1. The van der Waals surface area contributed by atoms with E-state index in [4.69, 9.17) is 21.1 Å². The topological polar surface area (TPSA) is 69.9 Å². The minimum Gasteiger partial charge on any atom is -0.488 e. The predicted molar refractivity (Wildman–Crippen MR) is 175 cm³/mol. The van der Waals surface area contributed by atoms with Gasteiger partial charge < -0.3 is 9.47 Å². The molecule has 2 heterocycles. The minimum atomic E-state index is -4.99. The van der Waals surface area contributed by atoms with Crippen LogP contribution in [0.4, 0.5) is 13.2 Å². The van der Waals surface area contributed by atoms with Gasteiger partial charge >= 0.3 is 12.1 Å². The lowest BCUT2D eigenvalue weighted by molar-refractivity contribution is -0.140. The maximum absolute atomic E-state index is 14.3. The van der Waals surface area contributed by atoms with Crippen molar-refractivity contribution in [2.45, 2.75) is 25.7 Å².